The van der Waals surface area contributed by atoms with Crippen LogP contribution in [0.2, 0.25) is 0 Å². The maximum Gasteiger partial charge on any atom is 0.304 e. The van der Waals surface area contributed by atoms with Crippen LogP contribution in [0.1, 0.15) is 38.8 Å². The van der Waals surface area contributed by atoms with Crippen molar-refractivity contribution in [2.75, 3.05) is 0 Å². The molecule has 0 unspecified atom stereocenters. The molecule has 0 radical (unpaired) electrons. The molecule has 16 heavy (non-hydrogen) atoms. The summed E-state index contributed by atoms with van der Waals surface area (Å²) >= 11 is 0. The molecule has 0 aliphatic heterocycles. The molecule has 0 amide bonds. The maximum absolute atomic E-state index is 10.7. The van der Waals surface area contributed by atoms with Crippen LogP contribution in [0.5, 0.6) is 0 Å². The predicted octanol–water partition coefficient (Wildman–Crippen LogP) is 1.44. The van der Waals surface area contributed by atoms with E-state index < -0.39 is 11.4 Å². The molecule has 1 N–H and O–H groups in total. The van der Waals surface area contributed by atoms with Crippen LogP contribution in [0.25, 0.3) is 0 Å². The van der Waals surface area contributed by atoms with Crippen LogP contribution in [-0.2, 0) is 16.8 Å². The van der Waals surface area contributed by atoms with Gasteiger partial charge >= 0.3 is 5.97 Å². The van der Waals surface area contributed by atoms with Gasteiger partial charge in [0.1, 0.15) is 0 Å². The fraction of sp³-hybridized carbons (Fsp3) is 0.727. The van der Waals surface area contributed by atoms with Crippen molar-refractivity contribution in [3.05, 3.63) is 11.9 Å². The molecule has 0 aromatic carbocycles. The molecular weight excluding hydrogens is 206 g/mol. The van der Waals surface area contributed by atoms with Crippen molar-refractivity contribution in [2.45, 2.75) is 45.1 Å². The molecular formula is C11H17N3O2. The normalized spacial score (nSPS) is 16.4. The van der Waals surface area contributed by atoms with Crippen LogP contribution >= 0.6 is 0 Å². The largest absolute Gasteiger partial charge is 0.481 e. The van der Waals surface area contributed by atoms with Crippen molar-refractivity contribution in [3.8, 4) is 0 Å². The zero-order chi connectivity index (χ0) is 11.8. The van der Waals surface area contributed by atoms with Crippen LogP contribution in [0, 0.1) is 5.92 Å². The lowest BCUT2D eigenvalue weighted by molar-refractivity contribution is -0.138. The Morgan fingerprint density at radius 3 is 2.88 bits per heavy atom. The Morgan fingerprint density at radius 2 is 2.31 bits per heavy atom. The van der Waals surface area contributed by atoms with Gasteiger partial charge in [-0.3, -0.25) is 9.48 Å². The number of aliphatic carboxylic acids is 1. The second-order valence-electron chi connectivity index (χ2n) is 5.22. The fourth-order valence-electron chi connectivity index (χ4n) is 1.73. The summed E-state index contributed by atoms with van der Waals surface area (Å²) < 4.78 is 1.83. The average molecular weight is 223 g/mol. The van der Waals surface area contributed by atoms with E-state index in [0.717, 1.165) is 18.2 Å². The highest BCUT2D eigenvalue weighted by Gasteiger charge is 2.28. The maximum atomic E-state index is 10.7. The van der Waals surface area contributed by atoms with E-state index in [0.29, 0.717) is 0 Å². The molecule has 5 heteroatoms. The van der Waals surface area contributed by atoms with E-state index >= 15 is 0 Å². The minimum absolute atomic E-state index is 0.0785. The van der Waals surface area contributed by atoms with Gasteiger partial charge in [-0.05, 0) is 18.8 Å². The second kappa shape index (κ2) is 3.88. The fourth-order valence-corrected chi connectivity index (χ4v) is 1.73. The Balaban J connectivity index is 2.06. The molecule has 1 aromatic rings. The summed E-state index contributed by atoms with van der Waals surface area (Å²) in [5, 5.41) is 16.9. The molecule has 0 bridgehead atoms. The van der Waals surface area contributed by atoms with E-state index in [1.807, 2.05) is 24.7 Å². The third-order valence-electron chi connectivity index (χ3n) is 2.97. The number of carboxylic acid groups (broad SMARTS) is 1. The first-order chi connectivity index (χ1) is 7.47. The lowest BCUT2D eigenvalue weighted by atomic mass is 9.86. The topological polar surface area (TPSA) is 68.0 Å². The van der Waals surface area contributed by atoms with Gasteiger partial charge in [0.25, 0.3) is 0 Å². The van der Waals surface area contributed by atoms with Gasteiger partial charge in [0.15, 0.2) is 0 Å². The van der Waals surface area contributed by atoms with Gasteiger partial charge in [0.2, 0.25) is 0 Å². The summed E-state index contributed by atoms with van der Waals surface area (Å²) in [6.07, 6.45) is 4.50. The van der Waals surface area contributed by atoms with E-state index in [2.05, 4.69) is 10.3 Å². The molecule has 1 heterocycles. The van der Waals surface area contributed by atoms with Gasteiger partial charge in [-0.1, -0.05) is 19.1 Å². The summed E-state index contributed by atoms with van der Waals surface area (Å²) in [4.78, 5) is 10.7. The smallest absolute Gasteiger partial charge is 0.304 e. The lowest BCUT2D eigenvalue weighted by Crippen LogP contribution is -2.22. The SMILES string of the molecule is CC(C)(CC(=O)O)c1cn(CC2CC2)nn1. The van der Waals surface area contributed by atoms with Gasteiger partial charge in [-0.2, -0.15) is 0 Å². The molecule has 2 rings (SSSR count). The molecule has 0 spiro atoms. The predicted molar refractivity (Wildman–Crippen MR) is 58.0 cm³/mol. The summed E-state index contributed by atoms with van der Waals surface area (Å²) in [6, 6.07) is 0. The Kier molecular flexibility index (Phi) is 2.69. The first-order valence-corrected chi connectivity index (χ1v) is 5.60. The molecule has 1 aliphatic carbocycles. The van der Waals surface area contributed by atoms with Crippen LogP contribution in [0.4, 0.5) is 0 Å². The summed E-state index contributed by atoms with van der Waals surface area (Å²) in [5.41, 5.74) is 0.309. The molecule has 1 aliphatic rings. The number of carboxylic acids is 1. The van der Waals surface area contributed by atoms with Crippen molar-refractivity contribution in [3.63, 3.8) is 0 Å². The average Bonchev–Trinajstić information content (AvgIpc) is 2.78. The monoisotopic (exact) mass is 223 g/mol. The third kappa shape index (κ3) is 2.59. The van der Waals surface area contributed by atoms with E-state index in [1.54, 1.807) is 0 Å². The molecule has 1 fully saturated rings. The van der Waals surface area contributed by atoms with E-state index in [4.69, 9.17) is 5.11 Å². The molecule has 5 nitrogen and oxygen atoms in total. The van der Waals surface area contributed by atoms with Crippen molar-refractivity contribution in [1.82, 2.24) is 15.0 Å². The van der Waals surface area contributed by atoms with E-state index in [9.17, 15) is 4.79 Å². The number of aromatic nitrogens is 3. The van der Waals surface area contributed by atoms with Gasteiger partial charge < -0.3 is 5.11 Å². The van der Waals surface area contributed by atoms with Crippen molar-refractivity contribution >= 4 is 5.97 Å². The number of hydrogen-bond donors (Lipinski definition) is 1. The zero-order valence-corrected chi connectivity index (χ0v) is 9.68. The molecule has 0 atom stereocenters. The highest BCUT2D eigenvalue weighted by Crippen LogP contribution is 2.31. The van der Waals surface area contributed by atoms with Crippen LogP contribution in [-0.4, -0.2) is 26.1 Å². The third-order valence-corrected chi connectivity index (χ3v) is 2.97. The van der Waals surface area contributed by atoms with Crippen molar-refractivity contribution < 1.29 is 9.90 Å². The highest BCUT2D eigenvalue weighted by molar-refractivity contribution is 5.68. The summed E-state index contributed by atoms with van der Waals surface area (Å²) in [6.45, 7) is 4.68. The van der Waals surface area contributed by atoms with Gasteiger partial charge in [-0.15, -0.1) is 5.10 Å². The van der Waals surface area contributed by atoms with Gasteiger partial charge in [0.05, 0.1) is 12.1 Å². The van der Waals surface area contributed by atoms with Gasteiger partial charge in [0, 0.05) is 18.2 Å². The van der Waals surface area contributed by atoms with Crippen LogP contribution in [0.15, 0.2) is 6.20 Å². The molecule has 0 saturated heterocycles. The Labute approximate surface area is 94.5 Å². The highest BCUT2D eigenvalue weighted by atomic mass is 16.4. The Bertz CT molecular complexity index is 394. The minimum atomic E-state index is -0.804. The zero-order valence-electron chi connectivity index (χ0n) is 9.68. The number of carbonyl (C=O) groups is 1. The second-order valence-corrected chi connectivity index (χ2v) is 5.22. The first-order valence-electron chi connectivity index (χ1n) is 5.60. The number of nitrogens with zero attached hydrogens (tertiary/aromatic N) is 3. The van der Waals surface area contributed by atoms with Crippen molar-refractivity contribution in [1.29, 1.82) is 0 Å². The standard InChI is InChI=1S/C11H17N3O2/c1-11(2,5-10(15)16)9-7-14(13-12-9)6-8-3-4-8/h7-8H,3-6H2,1-2H3,(H,15,16). The summed E-state index contributed by atoms with van der Waals surface area (Å²) in [7, 11) is 0. The quantitative estimate of drug-likeness (QED) is 0.820. The lowest BCUT2D eigenvalue weighted by Gasteiger charge is -2.18. The molecule has 1 aromatic heterocycles. The van der Waals surface area contributed by atoms with Crippen LogP contribution < -0.4 is 0 Å². The number of hydrogen-bond acceptors (Lipinski definition) is 3. The first kappa shape index (κ1) is 11.1. The van der Waals surface area contributed by atoms with Crippen molar-refractivity contribution in [2.24, 2.45) is 5.92 Å². The molecule has 1 saturated carbocycles. The Hall–Kier alpha value is -1.39. The Morgan fingerprint density at radius 1 is 1.62 bits per heavy atom. The van der Waals surface area contributed by atoms with E-state index in [-0.39, 0.29) is 6.42 Å². The minimum Gasteiger partial charge on any atom is -0.481 e. The van der Waals surface area contributed by atoms with Crippen LogP contribution in [0.3, 0.4) is 0 Å². The number of rotatable bonds is 5. The van der Waals surface area contributed by atoms with Gasteiger partial charge in [-0.25, -0.2) is 0 Å². The summed E-state index contributed by atoms with van der Waals surface area (Å²) in [5.74, 6) is -0.0566. The van der Waals surface area contributed by atoms with E-state index in [1.165, 1.54) is 12.8 Å². The molecule has 88 valence electrons.